The molecular weight excluding hydrogens is 192 g/mol. The Morgan fingerprint density at radius 2 is 1.50 bits per heavy atom. The highest BCUT2D eigenvalue weighted by Crippen LogP contribution is 2.14. The average molecular weight is 201 g/mol. The quantitative estimate of drug-likeness (QED) is 0.669. The predicted octanol–water partition coefficient (Wildman–Crippen LogP) is 0.962. The number of benzene rings is 1. The van der Waals surface area contributed by atoms with Crippen LogP contribution in [0.25, 0.3) is 0 Å². The Morgan fingerprint density at radius 3 is 1.83 bits per heavy atom. The number of rotatable bonds is 2. The highest BCUT2D eigenvalue weighted by Gasteiger charge is 2.10. The Labute approximate surface area is 78.4 Å². The van der Waals surface area contributed by atoms with E-state index < -0.39 is 22.4 Å². The second kappa shape index (κ2) is 4.18. The van der Waals surface area contributed by atoms with Crippen molar-refractivity contribution in [1.29, 1.82) is 0 Å². The second-order valence-electron chi connectivity index (χ2n) is 2.29. The third kappa shape index (κ3) is 2.42. The summed E-state index contributed by atoms with van der Waals surface area (Å²) in [5, 5.41) is 0. The first-order valence-corrected chi connectivity index (χ1v) is 6.42. The first-order chi connectivity index (χ1) is 5.61. The van der Waals surface area contributed by atoms with Gasteiger partial charge in [0.25, 0.3) is 0 Å². The van der Waals surface area contributed by atoms with Crippen molar-refractivity contribution in [2.75, 3.05) is 12.5 Å². The lowest BCUT2D eigenvalue weighted by atomic mass is 10.4. The van der Waals surface area contributed by atoms with Crippen molar-refractivity contribution in [2.24, 2.45) is 0 Å². The van der Waals surface area contributed by atoms with Gasteiger partial charge in [-0.1, -0.05) is 6.07 Å². The first kappa shape index (κ1) is 9.92. The molecule has 12 heavy (non-hydrogen) atoms. The fourth-order valence-electron chi connectivity index (χ4n) is 0.763. The molecule has 1 aromatic rings. The van der Waals surface area contributed by atoms with E-state index in [4.69, 9.17) is 0 Å². The lowest BCUT2D eigenvalue weighted by Crippen LogP contribution is -2.02. The van der Waals surface area contributed by atoms with Gasteiger partial charge in [-0.15, -0.1) is 0 Å². The molecule has 2 unspecified atom stereocenters. The van der Waals surface area contributed by atoms with Crippen molar-refractivity contribution < 1.29 is 9.11 Å². The van der Waals surface area contributed by atoms with Gasteiger partial charge in [-0.25, -0.2) is 0 Å². The van der Waals surface area contributed by atoms with E-state index in [0.29, 0.717) is 9.79 Å². The largest absolute Gasteiger partial charge is 0.612 e. The van der Waals surface area contributed by atoms with E-state index in [1.54, 1.807) is 30.7 Å². The normalized spacial score (nSPS) is 15.7. The molecule has 0 bridgehead atoms. The smallest absolute Gasteiger partial charge is 0.165 e. The third-order valence-corrected chi connectivity index (χ3v) is 3.08. The van der Waals surface area contributed by atoms with Crippen LogP contribution in [0.4, 0.5) is 0 Å². The van der Waals surface area contributed by atoms with Gasteiger partial charge in [-0.05, 0) is 34.5 Å². The van der Waals surface area contributed by atoms with E-state index in [1.807, 2.05) is 0 Å². The molecule has 0 N–H and O–H groups in total. The third-order valence-electron chi connectivity index (χ3n) is 1.36. The maximum atomic E-state index is 11.0. The zero-order valence-corrected chi connectivity index (χ0v) is 8.50. The summed E-state index contributed by atoms with van der Waals surface area (Å²) in [5.41, 5.74) is 0. The van der Waals surface area contributed by atoms with E-state index >= 15 is 0 Å². The molecule has 2 atom stereocenters. The fourth-order valence-corrected chi connectivity index (χ4v) is 1.88. The molecular formula is C8H9O2S2. The Hall–Kier alpha value is -0.160. The van der Waals surface area contributed by atoms with Gasteiger partial charge in [0.2, 0.25) is 0 Å². The summed E-state index contributed by atoms with van der Waals surface area (Å²) in [7, 11) is 0. The fraction of sp³-hybridized carbons (Fsp3) is 0.250. The van der Waals surface area contributed by atoms with Crippen molar-refractivity contribution in [2.45, 2.75) is 9.79 Å². The average Bonchev–Trinajstić information content (AvgIpc) is 2.04. The van der Waals surface area contributed by atoms with Crippen molar-refractivity contribution in [1.82, 2.24) is 0 Å². The van der Waals surface area contributed by atoms with Crippen LogP contribution >= 0.6 is 0 Å². The van der Waals surface area contributed by atoms with E-state index in [2.05, 4.69) is 6.07 Å². The molecule has 0 aliphatic carbocycles. The van der Waals surface area contributed by atoms with Crippen LogP contribution in [0.2, 0.25) is 0 Å². The van der Waals surface area contributed by atoms with Crippen LogP contribution in [-0.4, -0.2) is 21.6 Å². The molecule has 0 spiro atoms. The van der Waals surface area contributed by atoms with Gasteiger partial charge in [0, 0.05) is 0 Å². The minimum absolute atomic E-state index is 0.600. The SMILES string of the molecule is C[S+]([O-])c1[c]c([S+](C)[O-])ccc1. The van der Waals surface area contributed by atoms with Gasteiger partial charge < -0.3 is 9.11 Å². The molecule has 1 radical (unpaired) electrons. The summed E-state index contributed by atoms with van der Waals surface area (Å²) in [5.74, 6) is 0. The molecule has 1 aromatic carbocycles. The van der Waals surface area contributed by atoms with Crippen LogP contribution in [0, 0.1) is 6.07 Å². The van der Waals surface area contributed by atoms with Crippen LogP contribution in [0.15, 0.2) is 28.0 Å². The van der Waals surface area contributed by atoms with Crippen molar-refractivity contribution >= 4 is 22.4 Å². The molecule has 0 aliphatic rings. The molecule has 0 amide bonds. The summed E-state index contributed by atoms with van der Waals surface area (Å²) in [6, 6.07) is 8.01. The van der Waals surface area contributed by atoms with Crippen molar-refractivity contribution in [3.8, 4) is 0 Å². The molecule has 0 aliphatic heterocycles. The Morgan fingerprint density at radius 1 is 1.08 bits per heavy atom. The maximum absolute atomic E-state index is 11.0. The topological polar surface area (TPSA) is 46.1 Å². The van der Waals surface area contributed by atoms with Crippen LogP contribution in [0.1, 0.15) is 0 Å². The van der Waals surface area contributed by atoms with Crippen LogP contribution in [0.3, 0.4) is 0 Å². The summed E-state index contributed by atoms with van der Waals surface area (Å²) >= 11 is -2.09. The highest BCUT2D eigenvalue weighted by atomic mass is 32.2. The molecule has 0 saturated heterocycles. The summed E-state index contributed by atoms with van der Waals surface area (Å²) in [6.07, 6.45) is 3.16. The van der Waals surface area contributed by atoms with Gasteiger partial charge in [0.05, 0.1) is 0 Å². The summed E-state index contributed by atoms with van der Waals surface area (Å²) in [6.45, 7) is 0. The molecule has 2 nitrogen and oxygen atoms in total. The zero-order chi connectivity index (χ0) is 9.14. The molecule has 65 valence electrons. The van der Waals surface area contributed by atoms with Gasteiger partial charge in [0.1, 0.15) is 18.6 Å². The van der Waals surface area contributed by atoms with Crippen LogP contribution in [0.5, 0.6) is 0 Å². The van der Waals surface area contributed by atoms with Gasteiger partial charge in [-0.2, -0.15) is 0 Å². The van der Waals surface area contributed by atoms with Crippen LogP contribution in [-0.2, 0) is 22.4 Å². The predicted molar refractivity (Wildman–Crippen MR) is 49.9 cm³/mol. The van der Waals surface area contributed by atoms with Gasteiger partial charge in [-0.3, -0.25) is 0 Å². The Balaban J connectivity index is 2.96. The molecule has 0 saturated carbocycles. The minimum Gasteiger partial charge on any atom is -0.612 e. The molecule has 0 aromatic heterocycles. The zero-order valence-electron chi connectivity index (χ0n) is 6.87. The first-order valence-electron chi connectivity index (χ1n) is 3.30. The highest BCUT2D eigenvalue weighted by molar-refractivity contribution is 7.91. The lowest BCUT2D eigenvalue weighted by molar-refractivity contribution is 0.598. The number of hydrogen-bond acceptors (Lipinski definition) is 2. The molecule has 4 heteroatoms. The molecule has 1 rings (SSSR count). The summed E-state index contributed by atoms with van der Waals surface area (Å²) in [4.78, 5) is 1.20. The standard InChI is InChI=1S/C8H9O2S2/c1-11(9)7-4-3-5-8(6-7)12(2)10/h3-5H,1-2H3. The van der Waals surface area contributed by atoms with Crippen molar-refractivity contribution in [3.05, 3.63) is 24.3 Å². The van der Waals surface area contributed by atoms with Crippen LogP contribution < -0.4 is 0 Å². The van der Waals surface area contributed by atoms with Crippen molar-refractivity contribution in [3.63, 3.8) is 0 Å². The van der Waals surface area contributed by atoms with E-state index in [1.165, 1.54) is 0 Å². The van der Waals surface area contributed by atoms with E-state index in [0.717, 1.165) is 0 Å². The van der Waals surface area contributed by atoms with Gasteiger partial charge in [0.15, 0.2) is 9.79 Å². The monoisotopic (exact) mass is 201 g/mol. The summed E-state index contributed by atoms with van der Waals surface area (Å²) < 4.78 is 22.0. The lowest BCUT2D eigenvalue weighted by Gasteiger charge is -2.06. The maximum Gasteiger partial charge on any atom is 0.165 e. The van der Waals surface area contributed by atoms with E-state index in [-0.39, 0.29) is 0 Å². The Kier molecular flexibility index (Phi) is 3.46. The Bertz CT molecular complexity index is 238. The number of hydrogen-bond donors (Lipinski definition) is 0. The molecule has 0 heterocycles. The van der Waals surface area contributed by atoms with E-state index in [9.17, 15) is 9.11 Å². The second-order valence-corrected chi connectivity index (χ2v) is 4.98. The van der Waals surface area contributed by atoms with Gasteiger partial charge >= 0.3 is 0 Å². The minimum atomic E-state index is -1.05. The molecule has 0 fully saturated rings.